The van der Waals surface area contributed by atoms with Gasteiger partial charge < -0.3 is 19.1 Å². The van der Waals surface area contributed by atoms with E-state index < -0.39 is 12.0 Å². The number of carbonyl (C=O) groups excluding carboxylic acids is 2. The average Bonchev–Trinajstić information content (AvgIpc) is 3.44. The van der Waals surface area contributed by atoms with E-state index in [0.29, 0.717) is 6.42 Å². The van der Waals surface area contributed by atoms with Crippen molar-refractivity contribution in [1.82, 2.24) is 15.0 Å². The van der Waals surface area contributed by atoms with Crippen molar-refractivity contribution in [3.8, 4) is 11.3 Å². The molecule has 4 rings (SSSR count). The number of rotatable bonds is 10. The first kappa shape index (κ1) is 27.1. The number of amides is 1. The molecule has 0 spiro atoms. The molecule has 190 valence electrons. The highest BCUT2D eigenvalue weighted by Gasteiger charge is 2.23. The first-order chi connectivity index (χ1) is 16.9. The quantitative estimate of drug-likeness (QED) is 0.307. The number of aryl methyl sites for hydroxylation is 3. The second-order valence-electron chi connectivity index (χ2n) is 8.72. The maximum absolute atomic E-state index is 12.4. The Bertz CT molecular complexity index is 1310. The van der Waals surface area contributed by atoms with Crippen LogP contribution in [0.25, 0.3) is 22.2 Å². The molecule has 36 heavy (non-hydrogen) atoms. The third-order valence-corrected chi connectivity index (χ3v) is 5.97. The lowest BCUT2D eigenvalue weighted by Gasteiger charge is -2.16. The fraction of sp³-hybridized carbons (Fsp3) is 0.321. The summed E-state index contributed by atoms with van der Waals surface area (Å²) in [6.45, 7) is 6.27. The second kappa shape index (κ2) is 12.4. The van der Waals surface area contributed by atoms with Crippen LogP contribution >= 0.6 is 13.5 Å². The van der Waals surface area contributed by atoms with Crippen LogP contribution in [0.1, 0.15) is 37.2 Å². The molecule has 0 saturated heterocycles. The summed E-state index contributed by atoms with van der Waals surface area (Å²) >= 11 is 0. The Morgan fingerprint density at radius 3 is 2.61 bits per heavy atom. The molecule has 0 bridgehead atoms. The van der Waals surface area contributed by atoms with Crippen LogP contribution in [-0.2, 0) is 33.7 Å². The topological polar surface area (TPSA) is 86.4 Å². The van der Waals surface area contributed by atoms with Crippen LogP contribution in [0, 0.1) is 6.92 Å². The standard InChI is InChI=1S/C28H31N3O4.H2S/c1-4-34-28(33)26(29-20(3)32)16-22-18-31(27-10-6-5-9-24(22)27)15-7-8-23-17-25(30-35-23)21-13-11-19(2)12-14-21;/h5-6,9-14,17-18,26H,4,7-8,15-16H2,1-3H3,(H,29,32);1H2. The normalized spacial score (nSPS) is 11.6. The van der Waals surface area contributed by atoms with Crippen LogP contribution in [0.2, 0.25) is 0 Å². The Labute approximate surface area is 218 Å². The lowest BCUT2D eigenvalue weighted by atomic mass is 10.0. The molecule has 8 heteroatoms. The van der Waals surface area contributed by atoms with Gasteiger partial charge in [0.05, 0.1) is 6.61 Å². The van der Waals surface area contributed by atoms with E-state index >= 15 is 0 Å². The summed E-state index contributed by atoms with van der Waals surface area (Å²) in [5.41, 5.74) is 5.18. The Morgan fingerprint density at radius 1 is 1.14 bits per heavy atom. The molecule has 2 aromatic carbocycles. The van der Waals surface area contributed by atoms with E-state index in [0.717, 1.165) is 52.9 Å². The molecule has 1 N–H and O–H groups in total. The van der Waals surface area contributed by atoms with Gasteiger partial charge in [-0.3, -0.25) is 4.79 Å². The van der Waals surface area contributed by atoms with Crippen molar-refractivity contribution in [2.24, 2.45) is 0 Å². The zero-order chi connectivity index (χ0) is 24.8. The van der Waals surface area contributed by atoms with E-state index in [-0.39, 0.29) is 26.0 Å². The van der Waals surface area contributed by atoms with E-state index in [1.54, 1.807) is 6.92 Å². The molecule has 0 saturated carbocycles. The number of para-hydroxylation sites is 1. The van der Waals surface area contributed by atoms with Crippen molar-refractivity contribution in [3.05, 3.63) is 77.7 Å². The molecule has 0 aliphatic carbocycles. The van der Waals surface area contributed by atoms with Crippen molar-refractivity contribution in [1.29, 1.82) is 0 Å². The van der Waals surface area contributed by atoms with Gasteiger partial charge in [0.15, 0.2) is 0 Å². The minimum Gasteiger partial charge on any atom is -0.464 e. The van der Waals surface area contributed by atoms with E-state index in [1.165, 1.54) is 12.5 Å². The van der Waals surface area contributed by atoms with Crippen molar-refractivity contribution in [2.75, 3.05) is 6.61 Å². The van der Waals surface area contributed by atoms with Crippen LogP contribution in [-0.4, -0.2) is 34.2 Å². The summed E-state index contributed by atoms with van der Waals surface area (Å²) in [5, 5.41) is 8.02. The first-order valence-electron chi connectivity index (χ1n) is 12.0. The monoisotopic (exact) mass is 507 g/mol. The van der Waals surface area contributed by atoms with E-state index in [1.807, 2.05) is 24.3 Å². The van der Waals surface area contributed by atoms with Gasteiger partial charge in [-0.05, 0) is 31.9 Å². The molecule has 1 amide bonds. The van der Waals surface area contributed by atoms with Crippen molar-refractivity contribution >= 4 is 36.3 Å². The van der Waals surface area contributed by atoms with Crippen LogP contribution in [0.3, 0.4) is 0 Å². The SMILES string of the molecule is CCOC(=O)C(Cc1cn(CCCc2cc(-c3ccc(C)cc3)no2)c2ccccc12)NC(C)=O.S. The first-order valence-corrected chi connectivity index (χ1v) is 12.0. The number of nitrogens with zero attached hydrogens (tertiary/aromatic N) is 2. The van der Waals surface area contributed by atoms with Gasteiger partial charge in [-0.25, -0.2) is 4.79 Å². The van der Waals surface area contributed by atoms with Gasteiger partial charge in [0.1, 0.15) is 17.5 Å². The highest BCUT2D eigenvalue weighted by atomic mass is 32.1. The molecular weight excluding hydrogens is 474 g/mol. The maximum atomic E-state index is 12.4. The minimum atomic E-state index is -0.721. The molecule has 1 unspecified atom stereocenters. The fourth-order valence-corrected chi connectivity index (χ4v) is 4.29. The number of hydrogen-bond donors (Lipinski definition) is 1. The third kappa shape index (κ3) is 6.57. The number of benzene rings is 2. The third-order valence-electron chi connectivity index (χ3n) is 5.97. The molecule has 2 aromatic heterocycles. The average molecular weight is 508 g/mol. The molecule has 0 aliphatic heterocycles. The van der Waals surface area contributed by atoms with Gasteiger partial charge in [-0.15, -0.1) is 0 Å². The van der Waals surface area contributed by atoms with Gasteiger partial charge in [0.25, 0.3) is 0 Å². The predicted molar refractivity (Wildman–Crippen MR) is 145 cm³/mol. The van der Waals surface area contributed by atoms with Gasteiger partial charge in [-0.1, -0.05) is 53.2 Å². The summed E-state index contributed by atoms with van der Waals surface area (Å²) in [4.78, 5) is 24.1. The van der Waals surface area contributed by atoms with E-state index in [2.05, 4.69) is 58.5 Å². The predicted octanol–water partition coefficient (Wildman–Crippen LogP) is 4.96. The fourth-order valence-electron chi connectivity index (χ4n) is 4.29. The zero-order valence-corrected chi connectivity index (χ0v) is 21.9. The summed E-state index contributed by atoms with van der Waals surface area (Å²) in [6.07, 6.45) is 4.07. The Balaban J connectivity index is 0.00000361. The number of fused-ring (bicyclic) bond motifs is 1. The molecule has 0 fully saturated rings. The minimum absolute atomic E-state index is 0. The van der Waals surface area contributed by atoms with E-state index in [9.17, 15) is 9.59 Å². The Hall–Kier alpha value is -3.52. The van der Waals surface area contributed by atoms with Gasteiger partial charge in [0.2, 0.25) is 5.91 Å². The smallest absolute Gasteiger partial charge is 0.328 e. The Morgan fingerprint density at radius 2 is 1.89 bits per heavy atom. The van der Waals surface area contributed by atoms with E-state index in [4.69, 9.17) is 9.26 Å². The van der Waals surface area contributed by atoms with Crippen LogP contribution in [0.15, 0.2) is 65.3 Å². The van der Waals surface area contributed by atoms with Gasteiger partial charge in [0, 0.05) is 55.0 Å². The summed E-state index contributed by atoms with van der Waals surface area (Å²) < 4.78 is 12.9. The molecule has 1 atom stereocenters. The van der Waals surface area contributed by atoms with Crippen LogP contribution in [0.5, 0.6) is 0 Å². The van der Waals surface area contributed by atoms with Crippen molar-refractivity contribution in [2.45, 2.75) is 52.6 Å². The molecule has 4 aromatic rings. The maximum Gasteiger partial charge on any atom is 0.328 e. The molecule has 7 nitrogen and oxygen atoms in total. The highest BCUT2D eigenvalue weighted by molar-refractivity contribution is 7.59. The largest absolute Gasteiger partial charge is 0.464 e. The number of ether oxygens (including phenoxy) is 1. The lowest BCUT2D eigenvalue weighted by Crippen LogP contribution is -2.42. The number of carbonyl (C=O) groups is 2. The van der Waals surface area contributed by atoms with Crippen molar-refractivity contribution in [3.63, 3.8) is 0 Å². The number of esters is 1. The van der Waals surface area contributed by atoms with Gasteiger partial charge in [-0.2, -0.15) is 13.5 Å². The Kier molecular flexibility index (Phi) is 9.36. The summed E-state index contributed by atoms with van der Waals surface area (Å²) in [6, 6.07) is 17.6. The zero-order valence-electron chi connectivity index (χ0n) is 20.9. The summed E-state index contributed by atoms with van der Waals surface area (Å²) in [7, 11) is 0. The number of aromatic nitrogens is 2. The lowest BCUT2D eigenvalue weighted by molar-refractivity contribution is -0.147. The summed E-state index contributed by atoms with van der Waals surface area (Å²) in [5.74, 6) is 0.170. The second-order valence-corrected chi connectivity index (χ2v) is 8.72. The number of hydrogen-bond acceptors (Lipinski definition) is 5. The molecular formula is C28H33N3O4S. The highest BCUT2D eigenvalue weighted by Crippen LogP contribution is 2.24. The van der Waals surface area contributed by atoms with Crippen LogP contribution < -0.4 is 5.32 Å². The van der Waals surface area contributed by atoms with Crippen molar-refractivity contribution < 1.29 is 18.8 Å². The van der Waals surface area contributed by atoms with Crippen LogP contribution in [0.4, 0.5) is 0 Å². The molecule has 0 radical (unpaired) electrons. The molecule has 0 aliphatic rings. The molecule has 2 heterocycles. The number of nitrogens with one attached hydrogen (secondary N) is 1. The van der Waals surface area contributed by atoms with Gasteiger partial charge >= 0.3 is 5.97 Å².